The van der Waals surface area contributed by atoms with Crippen LogP contribution in [0.1, 0.15) is 22.8 Å². The first-order valence-electron chi connectivity index (χ1n) is 9.87. The molecule has 0 aliphatic heterocycles. The van der Waals surface area contributed by atoms with Crippen molar-refractivity contribution in [2.75, 3.05) is 19.5 Å². The van der Waals surface area contributed by atoms with Crippen LogP contribution >= 0.6 is 11.8 Å². The lowest BCUT2D eigenvalue weighted by atomic mass is 10.1. The lowest BCUT2D eigenvalue weighted by molar-refractivity contribution is 0.102. The molecule has 7 heteroatoms. The number of benzene rings is 2. The van der Waals surface area contributed by atoms with Crippen molar-refractivity contribution in [1.82, 2.24) is 14.5 Å². The van der Waals surface area contributed by atoms with E-state index in [1.807, 2.05) is 30.3 Å². The van der Waals surface area contributed by atoms with E-state index in [0.29, 0.717) is 34.8 Å². The summed E-state index contributed by atoms with van der Waals surface area (Å²) < 4.78 is 6.75. The number of methoxy groups -OCH3 is 1. The van der Waals surface area contributed by atoms with Gasteiger partial charge >= 0.3 is 0 Å². The molecule has 154 valence electrons. The maximum absolute atomic E-state index is 13.0. The Hall–Kier alpha value is -2.90. The Balaban J connectivity index is 1.65. The van der Waals surface area contributed by atoms with E-state index >= 15 is 0 Å². The third kappa shape index (κ3) is 3.78. The molecular formula is C23H23N3O3S. The van der Waals surface area contributed by atoms with Crippen molar-refractivity contribution in [3.8, 4) is 0 Å². The van der Waals surface area contributed by atoms with Gasteiger partial charge in [-0.15, -0.1) is 0 Å². The number of hydrogen-bond acceptors (Lipinski definition) is 5. The van der Waals surface area contributed by atoms with Crippen molar-refractivity contribution >= 4 is 39.4 Å². The fourth-order valence-corrected chi connectivity index (χ4v) is 4.50. The van der Waals surface area contributed by atoms with Crippen LogP contribution in [0.4, 0.5) is 0 Å². The summed E-state index contributed by atoms with van der Waals surface area (Å²) in [7, 11) is 1.59. The average molecular weight is 422 g/mol. The monoisotopic (exact) mass is 421 g/mol. The van der Waals surface area contributed by atoms with Crippen molar-refractivity contribution in [2.24, 2.45) is 0 Å². The zero-order valence-electron chi connectivity index (χ0n) is 17.0. The summed E-state index contributed by atoms with van der Waals surface area (Å²) in [5.41, 5.74) is 3.37. The number of nitrogens with one attached hydrogen (secondary N) is 1. The number of aromatic amines is 1. The largest absolute Gasteiger partial charge is 0.383 e. The van der Waals surface area contributed by atoms with Crippen LogP contribution in [-0.2, 0) is 17.7 Å². The number of rotatable bonds is 8. The highest BCUT2D eigenvalue weighted by atomic mass is 32.2. The minimum atomic E-state index is -0.118. The predicted octanol–water partition coefficient (Wildman–Crippen LogP) is 4.06. The minimum Gasteiger partial charge on any atom is -0.383 e. The minimum absolute atomic E-state index is 0.000187. The number of aryl methyl sites for hydroxylation is 1. The van der Waals surface area contributed by atoms with Gasteiger partial charge in [-0.25, -0.2) is 4.98 Å². The molecule has 0 unspecified atom stereocenters. The van der Waals surface area contributed by atoms with E-state index in [4.69, 9.17) is 4.74 Å². The van der Waals surface area contributed by atoms with E-state index in [-0.39, 0.29) is 17.1 Å². The van der Waals surface area contributed by atoms with Crippen LogP contribution in [0.3, 0.4) is 0 Å². The molecule has 0 amide bonds. The fourth-order valence-electron chi connectivity index (χ4n) is 3.59. The molecule has 0 spiro atoms. The third-order valence-electron chi connectivity index (χ3n) is 5.16. The Morgan fingerprint density at radius 2 is 1.97 bits per heavy atom. The molecule has 0 radical (unpaired) electrons. The number of aromatic nitrogens is 3. The second-order valence-corrected chi connectivity index (χ2v) is 7.91. The number of fused-ring (bicyclic) bond motifs is 2. The quantitative estimate of drug-likeness (QED) is 0.264. The first-order valence-corrected chi connectivity index (χ1v) is 10.9. The Kier molecular flexibility index (Phi) is 6.01. The predicted molar refractivity (Wildman–Crippen MR) is 121 cm³/mol. The van der Waals surface area contributed by atoms with Crippen molar-refractivity contribution < 1.29 is 9.53 Å². The maximum Gasteiger partial charge on any atom is 0.262 e. The molecule has 0 aliphatic rings. The molecular weight excluding hydrogens is 398 g/mol. The summed E-state index contributed by atoms with van der Waals surface area (Å²) in [6.45, 7) is 2.87. The molecule has 2 aromatic carbocycles. The van der Waals surface area contributed by atoms with Gasteiger partial charge in [-0.05, 0) is 24.1 Å². The fraction of sp³-hybridized carbons (Fsp3) is 0.261. The van der Waals surface area contributed by atoms with E-state index in [0.717, 1.165) is 17.3 Å². The van der Waals surface area contributed by atoms with Crippen molar-refractivity contribution in [3.63, 3.8) is 0 Å². The number of Topliss-reactive ketones (excluding diaryl/α,β-unsaturated/α-hetero) is 1. The second kappa shape index (κ2) is 8.85. The molecule has 0 bridgehead atoms. The Morgan fingerprint density at radius 1 is 1.17 bits per heavy atom. The SMILES string of the molecule is CCc1cccc2c(C(=O)CSc3nc4ccccc4c(=O)n3CCOC)c[nH]c12. The van der Waals surface area contributed by atoms with E-state index in [1.165, 1.54) is 17.3 Å². The van der Waals surface area contributed by atoms with E-state index in [2.05, 4.69) is 23.0 Å². The number of H-pyrrole nitrogens is 1. The van der Waals surface area contributed by atoms with Crippen LogP contribution < -0.4 is 5.56 Å². The molecule has 4 aromatic rings. The topological polar surface area (TPSA) is 77.0 Å². The number of ketones is 1. The van der Waals surface area contributed by atoms with Gasteiger partial charge in [0.05, 0.1) is 29.8 Å². The number of para-hydroxylation sites is 2. The number of hydrogen-bond donors (Lipinski definition) is 1. The molecule has 1 N–H and O–H groups in total. The van der Waals surface area contributed by atoms with Crippen LogP contribution in [0, 0.1) is 0 Å². The van der Waals surface area contributed by atoms with Crippen LogP contribution in [0.5, 0.6) is 0 Å². The smallest absolute Gasteiger partial charge is 0.262 e. The number of thioether (sulfide) groups is 1. The second-order valence-electron chi connectivity index (χ2n) is 6.97. The van der Waals surface area contributed by atoms with Gasteiger partial charge in [0.1, 0.15) is 0 Å². The first kappa shape index (κ1) is 20.4. The number of nitrogens with zero attached hydrogens (tertiary/aromatic N) is 2. The number of carbonyl (C=O) groups is 1. The molecule has 0 saturated carbocycles. The zero-order valence-corrected chi connectivity index (χ0v) is 17.8. The summed E-state index contributed by atoms with van der Waals surface area (Å²) >= 11 is 1.28. The highest BCUT2D eigenvalue weighted by Gasteiger charge is 2.17. The highest BCUT2D eigenvalue weighted by molar-refractivity contribution is 7.99. The number of carbonyl (C=O) groups excluding carboxylic acids is 1. The van der Waals surface area contributed by atoms with Crippen molar-refractivity contribution in [3.05, 3.63) is 70.1 Å². The van der Waals surface area contributed by atoms with Crippen LogP contribution in [-0.4, -0.2) is 39.8 Å². The molecule has 0 saturated heterocycles. The first-order chi connectivity index (χ1) is 14.6. The molecule has 4 rings (SSSR count). The lowest BCUT2D eigenvalue weighted by Crippen LogP contribution is -2.25. The van der Waals surface area contributed by atoms with Crippen LogP contribution in [0.15, 0.2) is 58.6 Å². The van der Waals surface area contributed by atoms with Crippen LogP contribution in [0.25, 0.3) is 21.8 Å². The molecule has 0 fully saturated rings. The van der Waals surface area contributed by atoms with Gasteiger partial charge in [-0.3, -0.25) is 14.2 Å². The maximum atomic E-state index is 13.0. The van der Waals surface area contributed by atoms with Gasteiger partial charge in [-0.2, -0.15) is 0 Å². The molecule has 6 nitrogen and oxygen atoms in total. The summed E-state index contributed by atoms with van der Waals surface area (Å²) in [4.78, 5) is 33.8. The van der Waals surface area contributed by atoms with Gasteiger partial charge in [0, 0.05) is 29.8 Å². The third-order valence-corrected chi connectivity index (χ3v) is 6.14. The normalized spacial score (nSPS) is 11.4. The molecule has 30 heavy (non-hydrogen) atoms. The standard InChI is InChI=1S/C23H23N3O3S/c1-3-15-7-6-9-16-18(13-24-21(15)16)20(27)14-30-23-25-19-10-5-4-8-17(19)22(28)26(23)11-12-29-2/h4-10,13,24H,3,11-12,14H2,1-2H3. The van der Waals surface area contributed by atoms with Gasteiger partial charge in [-0.1, -0.05) is 49.0 Å². The van der Waals surface area contributed by atoms with Gasteiger partial charge in [0.15, 0.2) is 10.9 Å². The summed E-state index contributed by atoms with van der Waals surface area (Å²) in [5, 5.41) is 2.02. The summed E-state index contributed by atoms with van der Waals surface area (Å²) in [6, 6.07) is 13.3. The van der Waals surface area contributed by atoms with Crippen LogP contribution in [0.2, 0.25) is 0 Å². The van der Waals surface area contributed by atoms with Gasteiger partial charge < -0.3 is 9.72 Å². The summed E-state index contributed by atoms with van der Waals surface area (Å²) in [6.07, 6.45) is 2.67. The van der Waals surface area contributed by atoms with Crippen molar-refractivity contribution in [1.29, 1.82) is 0 Å². The Morgan fingerprint density at radius 3 is 2.77 bits per heavy atom. The molecule has 2 aromatic heterocycles. The van der Waals surface area contributed by atoms with E-state index in [1.54, 1.807) is 23.9 Å². The Bertz CT molecular complexity index is 1280. The van der Waals surface area contributed by atoms with Crippen molar-refractivity contribution in [2.45, 2.75) is 25.0 Å². The molecule has 0 atom stereocenters. The molecule has 0 aliphatic carbocycles. The summed E-state index contributed by atoms with van der Waals surface area (Å²) in [5.74, 6) is 0.196. The van der Waals surface area contributed by atoms with E-state index in [9.17, 15) is 9.59 Å². The van der Waals surface area contributed by atoms with E-state index < -0.39 is 0 Å². The van der Waals surface area contributed by atoms with Gasteiger partial charge in [0.25, 0.3) is 5.56 Å². The molecule has 2 heterocycles. The Labute approximate surface area is 178 Å². The highest BCUT2D eigenvalue weighted by Crippen LogP contribution is 2.25. The lowest BCUT2D eigenvalue weighted by Gasteiger charge is -2.12. The average Bonchev–Trinajstić information content (AvgIpc) is 3.21. The zero-order chi connectivity index (χ0) is 21.1. The van der Waals surface area contributed by atoms with Gasteiger partial charge in [0.2, 0.25) is 0 Å². The number of ether oxygens (including phenoxy) is 1.